The highest BCUT2D eigenvalue weighted by molar-refractivity contribution is 5.85. The standard InChI is InChI=1S/C13H19NO4/c1-18-5-4-11(13(16)17)14-12(15)10-7-8-2-3-9(10)6-8/h2-3,8-11H,4-7H2,1H3,(H,14,15)(H,16,17). The number of carbonyl (C=O) groups excluding carboxylic acids is 1. The molecule has 2 aliphatic carbocycles. The molecule has 0 spiro atoms. The fourth-order valence-electron chi connectivity index (χ4n) is 2.85. The van der Waals surface area contributed by atoms with Gasteiger partial charge in [0, 0.05) is 26.1 Å². The van der Waals surface area contributed by atoms with E-state index in [1.807, 2.05) is 0 Å². The summed E-state index contributed by atoms with van der Waals surface area (Å²) in [5.41, 5.74) is 0. The third kappa shape index (κ3) is 2.72. The summed E-state index contributed by atoms with van der Waals surface area (Å²) in [7, 11) is 1.52. The van der Waals surface area contributed by atoms with Gasteiger partial charge in [-0.2, -0.15) is 0 Å². The molecule has 100 valence electrons. The third-order valence-corrected chi connectivity index (χ3v) is 3.84. The zero-order chi connectivity index (χ0) is 13.1. The van der Waals surface area contributed by atoms with E-state index in [0.29, 0.717) is 24.9 Å². The molecular weight excluding hydrogens is 234 g/mol. The number of carbonyl (C=O) groups is 2. The van der Waals surface area contributed by atoms with Crippen molar-refractivity contribution in [1.29, 1.82) is 0 Å². The van der Waals surface area contributed by atoms with Crippen LogP contribution < -0.4 is 5.32 Å². The summed E-state index contributed by atoms with van der Waals surface area (Å²) in [5, 5.41) is 11.7. The number of nitrogens with one attached hydrogen (secondary N) is 1. The predicted octanol–water partition coefficient (Wildman–Crippen LogP) is 0.804. The number of carboxylic acids is 1. The molecule has 2 bridgehead atoms. The first-order valence-corrected chi connectivity index (χ1v) is 6.32. The quantitative estimate of drug-likeness (QED) is 0.687. The number of carboxylic acid groups (broad SMARTS) is 1. The van der Waals surface area contributed by atoms with Gasteiger partial charge in [-0.25, -0.2) is 4.79 Å². The van der Waals surface area contributed by atoms with Crippen molar-refractivity contribution >= 4 is 11.9 Å². The van der Waals surface area contributed by atoms with Gasteiger partial charge >= 0.3 is 5.97 Å². The van der Waals surface area contributed by atoms with Crippen molar-refractivity contribution in [2.24, 2.45) is 17.8 Å². The van der Waals surface area contributed by atoms with Gasteiger partial charge in [-0.3, -0.25) is 4.79 Å². The van der Waals surface area contributed by atoms with Crippen molar-refractivity contribution in [2.45, 2.75) is 25.3 Å². The molecule has 0 heterocycles. The number of allylic oxidation sites excluding steroid dienone is 2. The Morgan fingerprint density at radius 3 is 2.72 bits per heavy atom. The summed E-state index contributed by atoms with van der Waals surface area (Å²) in [6, 6.07) is -0.847. The molecule has 1 amide bonds. The van der Waals surface area contributed by atoms with Crippen molar-refractivity contribution in [1.82, 2.24) is 5.32 Å². The zero-order valence-corrected chi connectivity index (χ0v) is 10.5. The van der Waals surface area contributed by atoms with E-state index < -0.39 is 12.0 Å². The average Bonchev–Trinajstić information content (AvgIpc) is 2.95. The van der Waals surface area contributed by atoms with Crippen molar-refractivity contribution < 1.29 is 19.4 Å². The van der Waals surface area contributed by atoms with Gasteiger partial charge in [0.15, 0.2) is 0 Å². The number of rotatable bonds is 6. The molecule has 2 aliphatic rings. The molecule has 2 rings (SSSR count). The Hall–Kier alpha value is -1.36. The van der Waals surface area contributed by atoms with Gasteiger partial charge in [-0.1, -0.05) is 12.2 Å². The fourth-order valence-corrected chi connectivity index (χ4v) is 2.85. The lowest BCUT2D eigenvalue weighted by molar-refractivity contribution is -0.143. The summed E-state index contributed by atoms with van der Waals surface area (Å²) < 4.78 is 4.85. The predicted molar refractivity (Wildman–Crippen MR) is 64.9 cm³/mol. The van der Waals surface area contributed by atoms with Crippen molar-refractivity contribution in [3.63, 3.8) is 0 Å². The highest BCUT2D eigenvalue weighted by Gasteiger charge is 2.40. The van der Waals surface area contributed by atoms with Gasteiger partial charge in [0.25, 0.3) is 0 Å². The molecule has 0 aromatic heterocycles. The van der Waals surface area contributed by atoms with Crippen LogP contribution in [0.15, 0.2) is 12.2 Å². The minimum atomic E-state index is -1.00. The smallest absolute Gasteiger partial charge is 0.326 e. The van der Waals surface area contributed by atoms with E-state index in [-0.39, 0.29) is 11.8 Å². The molecule has 0 aliphatic heterocycles. The Balaban J connectivity index is 1.89. The molecule has 0 radical (unpaired) electrons. The van der Waals surface area contributed by atoms with E-state index >= 15 is 0 Å². The normalized spacial score (nSPS) is 30.4. The first-order valence-electron chi connectivity index (χ1n) is 6.32. The van der Waals surface area contributed by atoms with Crippen LogP contribution in [-0.4, -0.2) is 36.7 Å². The number of hydrogen-bond acceptors (Lipinski definition) is 3. The van der Waals surface area contributed by atoms with Crippen molar-refractivity contribution in [3.8, 4) is 0 Å². The largest absolute Gasteiger partial charge is 0.480 e. The third-order valence-electron chi connectivity index (χ3n) is 3.84. The molecule has 4 atom stereocenters. The van der Waals surface area contributed by atoms with Crippen LogP contribution in [-0.2, 0) is 14.3 Å². The molecule has 1 saturated carbocycles. The second kappa shape index (κ2) is 5.52. The molecule has 0 aromatic carbocycles. The molecule has 2 N–H and O–H groups in total. The fraction of sp³-hybridized carbons (Fsp3) is 0.692. The highest BCUT2D eigenvalue weighted by Crippen LogP contribution is 2.43. The van der Waals surface area contributed by atoms with Crippen LogP contribution in [0, 0.1) is 17.8 Å². The molecule has 4 unspecified atom stereocenters. The van der Waals surface area contributed by atoms with Gasteiger partial charge in [-0.05, 0) is 24.7 Å². The first kappa shape index (κ1) is 13.1. The Morgan fingerprint density at radius 1 is 1.44 bits per heavy atom. The lowest BCUT2D eigenvalue weighted by atomic mass is 9.92. The maximum absolute atomic E-state index is 12.1. The van der Waals surface area contributed by atoms with Crippen LogP contribution >= 0.6 is 0 Å². The summed E-state index contributed by atoms with van der Waals surface area (Å²) in [6.45, 7) is 0.327. The Labute approximate surface area is 106 Å². The Bertz CT molecular complexity index is 366. The van der Waals surface area contributed by atoms with Gasteiger partial charge in [0.05, 0.1) is 0 Å². The van der Waals surface area contributed by atoms with Crippen molar-refractivity contribution in [2.75, 3.05) is 13.7 Å². The first-order chi connectivity index (χ1) is 8.61. The number of aliphatic carboxylic acids is 1. The lowest BCUT2D eigenvalue weighted by Gasteiger charge is -2.21. The van der Waals surface area contributed by atoms with E-state index in [1.165, 1.54) is 7.11 Å². The van der Waals surface area contributed by atoms with E-state index in [0.717, 1.165) is 12.8 Å². The zero-order valence-electron chi connectivity index (χ0n) is 10.5. The number of methoxy groups -OCH3 is 1. The van der Waals surface area contributed by atoms with Crippen LogP contribution in [0.1, 0.15) is 19.3 Å². The summed E-state index contributed by atoms with van der Waals surface area (Å²) in [5.74, 6) is -0.376. The lowest BCUT2D eigenvalue weighted by Crippen LogP contribution is -2.45. The molecule has 0 aromatic rings. The van der Waals surface area contributed by atoms with Crippen LogP contribution in [0.2, 0.25) is 0 Å². The van der Waals surface area contributed by atoms with E-state index in [4.69, 9.17) is 9.84 Å². The minimum Gasteiger partial charge on any atom is -0.480 e. The molecular formula is C13H19NO4. The summed E-state index contributed by atoms with van der Waals surface area (Å²) >= 11 is 0. The van der Waals surface area contributed by atoms with Crippen LogP contribution in [0.25, 0.3) is 0 Å². The van der Waals surface area contributed by atoms with Gasteiger partial charge < -0.3 is 15.2 Å². The maximum atomic E-state index is 12.1. The molecule has 5 heteroatoms. The number of amides is 1. The number of fused-ring (bicyclic) bond motifs is 2. The SMILES string of the molecule is COCCC(NC(=O)C1CC2C=CC1C2)C(=O)O. The number of ether oxygens (including phenoxy) is 1. The number of hydrogen-bond donors (Lipinski definition) is 2. The second-order valence-electron chi connectivity index (χ2n) is 5.07. The summed E-state index contributed by atoms with van der Waals surface area (Å²) in [4.78, 5) is 23.1. The topological polar surface area (TPSA) is 75.6 Å². The molecule has 18 heavy (non-hydrogen) atoms. The van der Waals surface area contributed by atoms with Gasteiger partial charge in [-0.15, -0.1) is 0 Å². The molecule has 5 nitrogen and oxygen atoms in total. The van der Waals surface area contributed by atoms with Gasteiger partial charge in [0.1, 0.15) is 6.04 Å². The van der Waals surface area contributed by atoms with Crippen LogP contribution in [0.3, 0.4) is 0 Å². The van der Waals surface area contributed by atoms with Crippen LogP contribution in [0.5, 0.6) is 0 Å². The molecule has 0 saturated heterocycles. The maximum Gasteiger partial charge on any atom is 0.326 e. The summed E-state index contributed by atoms with van der Waals surface area (Å²) in [6.07, 6.45) is 6.43. The van der Waals surface area contributed by atoms with Gasteiger partial charge in [0.2, 0.25) is 5.91 Å². The second-order valence-corrected chi connectivity index (χ2v) is 5.07. The van der Waals surface area contributed by atoms with E-state index in [9.17, 15) is 9.59 Å². The Kier molecular flexibility index (Phi) is 4.01. The monoisotopic (exact) mass is 253 g/mol. The van der Waals surface area contributed by atoms with E-state index in [1.54, 1.807) is 0 Å². The van der Waals surface area contributed by atoms with Crippen LogP contribution in [0.4, 0.5) is 0 Å². The van der Waals surface area contributed by atoms with E-state index in [2.05, 4.69) is 17.5 Å². The Morgan fingerprint density at radius 2 is 2.22 bits per heavy atom. The minimum absolute atomic E-state index is 0.0515. The van der Waals surface area contributed by atoms with Crippen molar-refractivity contribution in [3.05, 3.63) is 12.2 Å². The average molecular weight is 253 g/mol. The highest BCUT2D eigenvalue weighted by atomic mass is 16.5. The molecule has 1 fully saturated rings.